The van der Waals surface area contributed by atoms with Gasteiger partial charge in [0.1, 0.15) is 6.61 Å². The molecule has 0 aliphatic rings. The Morgan fingerprint density at radius 3 is 2.31 bits per heavy atom. The Balaban J connectivity index is 4.07. The zero-order chi connectivity index (χ0) is 10.1. The van der Waals surface area contributed by atoms with E-state index in [1.54, 1.807) is 13.8 Å². The van der Waals surface area contributed by atoms with E-state index in [1.165, 1.54) is 7.11 Å². The predicted octanol–water partition coefficient (Wildman–Crippen LogP) is 1.22. The highest BCUT2D eigenvalue weighted by molar-refractivity contribution is 5.88. The number of methoxy groups -OCH3 is 1. The SMILES string of the molecule is CCOC(=O)/N=C(/COC)OCC. The Kier molecular flexibility index (Phi) is 6.91. The van der Waals surface area contributed by atoms with Crippen molar-refractivity contribution in [3.05, 3.63) is 0 Å². The summed E-state index contributed by atoms with van der Waals surface area (Å²) in [5.74, 6) is 0.239. The lowest BCUT2D eigenvalue weighted by Crippen LogP contribution is -2.14. The normalized spacial score (nSPS) is 11.2. The van der Waals surface area contributed by atoms with Crippen LogP contribution in [-0.4, -0.2) is 38.9 Å². The molecule has 5 nitrogen and oxygen atoms in total. The van der Waals surface area contributed by atoms with E-state index in [9.17, 15) is 4.79 Å². The average molecular weight is 189 g/mol. The number of hydrogen-bond donors (Lipinski definition) is 0. The molecule has 0 atom stereocenters. The standard InChI is InChI=1S/C8H15NO4/c1-4-12-7(6-11-3)9-8(10)13-5-2/h4-6H2,1-3H3/b9-7-. The summed E-state index contributed by atoms with van der Waals surface area (Å²) in [5, 5.41) is 0. The Labute approximate surface area is 77.7 Å². The number of carbonyl (C=O) groups excluding carboxylic acids is 1. The van der Waals surface area contributed by atoms with E-state index in [0.717, 1.165) is 0 Å². The maximum absolute atomic E-state index is 10.9. The van der Waals surface area contributed by atoms with E-state index in [0.29, 0.717) is 13.2 Å². The van der Waals surface area contributed by atoms with Crippen LogP contribution in [0.15, 0.2) is 4.99 Å². The quantitative estimate of drug-likeness (QED) is 0.493. The monoisotopic (exact) mass is 189 g/mol. The smallest absolute Gasteiger partial charge is 0.436 e. The van der Waals surface area contributed by atoms with Gasteiger partial charge in [-0.25, -0.2) is 4.79 Å². The first-order valence-corrected chi connectivity index (χ1v) is 4.10. The molecule has 0 radical (unpaired) electrons. The Bertz CT molecular complexity index is 171. The fourth-order valence-electron chi connectivity index (χ4n) is 0.654. The summed E-state index contributed by atoms with van der Waals surface area (Å²) in [5.41, 5.74) is 0. The van der Waals surface area contributed by atoms with Gasteiger partial charge in [-0.15, -0.1) is 4.99 Å². The van der Waals surface area contributed by atoms with E-state index >= 15 is 0 Å². The van der Waals surface area contributed by atoms with Crippen molar-refractivity contribution in [2.24, 2.45) is 4.99 Å². The number of rotatable bonds is 4. The lowest BCUT2D eigenvalue weighted by Gasteiger charge is -2.04. The topological polar surface area (TPSA) is 57.1 Å². The molecule has 0 aromatic heterocycles. The molecule has 0 spiro atoms. The molecule has 1 amide bonds. The molecule has 0 bridgehead atoms. The van der Waals surface area contributed by atoms with Gasteiger partial charge in [-0.1, -0.05) is 0 Å². The number of aliphatic imine (C=N–C) groups is 1. The molecule has 0 saturated carbocycles. The third-order valence-electron chi connectivity index (χ3n) is 1.06. The molecule has 0 unspecified atom stereocenters. The second-order valence-electron chi connectivity index (χ2n) is 2.07. The van der Waals surface area contributed by atoms with E-state index in [1.807, 2.05) is 0 Å². The van der Waals surface area contributed by atoms with Crippen molar-refractivity contribution in [2.75, 3.05) is 26.9 Å². The van der Waals surface area contributed by atoms with Crippen LogP contribution in [0.2, 0.25) is 0 Å². The van der Waals surface area contributed by atoms with Gasteiger partial charge in [0.05, 0.1) is 13.2 Å². The third kappa shape index (κ3) is 6.10. The van der Waals surface area contributed by atoms with E-state index in [4.69, 9.17) is 9.47 Å². The highest BCUT2D eigenvalue weighted by Crippen LogP contribution is 1.89. The first-order chi connectivity index (χ1) is 6.24. The number of amides is 1. The molecule has 0 aromatic carbocycles. The van der Waals surface area contributed by atoms with Crippen LogP contribution in [0.3, 0.4) is 0 Å². The zero-order valence-corrected chi connectivity index (χ0v) is 8.20. The molecule has 0 aliphatic heterocycles. The van der Waals surface area contributed by atoms with Crippen molar-refractivity contribution in [1.82, 2.24) is 0 Å². The Morgan fingerprint density at radius 2 is 1.85 bits per heavy atom. The molecule has 0 N–H and O–H groups in total. The predicted molar refractivity (Wildman–Crippen MR) is 48.0 cm³/mol. The van der Waals surface area contributed by atoms with Crippen LogP contribution in [0.25, 0.3) is 0 Å². The van der Waals surface area contributed by atoms with Crippen molar-refractivity contribution >= 4 is 12.0 Å². The number of nitrogens with zero attached hydrogens (tertiary/aromatic N) is 1. The lowest BCUT2D eigenvalue weighted by molar-refractivity contribution is 0.160. The molecular formula is C8H15NO4. The van der Waals surface area contributed by atoms with E-state index in [-0.39, 0.29) is 12.5 Å². The van der Waals surface area contributed by atoms with Crippen LogP contribution >= 0.6 is 0 Å². The summed E-state index contributed by atoms with van der Waals surface area (Å²) >= 11 is 0. The fourth-order valence-corrected chi connectivity index (χ4v) is 0.654. The highest BCUT2D eigenvalue weighted by Gasteiger charge is 2.04. The number of ether oxygens (including phenoxy) is 3. The van der Waals surface area contributed by atoms with Crippen molar-refractivity contribution in [3.8, 4) is 0 Å². The van der Waals surface area contributed by atoms with Crippen molar-refractivity contribution in [2.45, 2.75) is 13.8 Å². The van der Waals surface area contributed by atoms with Gasteiger partial charge >= 0.3 is 6.09 Å². The van der Waals surface area contributed by atoms with Crippen LogP contribution in [0, 0.1) is 0 Å². The number of hydrogen-bond acceptors (Lipinski definition) is 4. The maximum Gasteiger partial charge on any atom is 0.436 e. The van der Waals surface area contributed by atoms with Crippen LogP contribution in [0.4, 0.5) is 4.79 Å². The number of carbonyl (C=O) groups is 1. The summed E-state index contributed by atoms with van der Waals surface area (Å²) in [6.45, 7) is 4.43. The minimum Gasteiger partial charge on any atom is -0.479 e. The van der Waals surface area contributed by atoms with Crippen molar-refractivity contribution < 1.29 is 19.0 Å². The van der Waals surface area contributed by atoms with Crippen LogP contribution in [-0.2, 0) is 14.2 Å². The largest absolute Gasteiger partial charge is 0.479 e. The van der Waals surface area contributed by atoms with Crippen molar-refractivity contribution in [3.63, 3.8) is 0 Å². The van der Waals surface area contributed by atoms with E-state index < -0.39 is 6.09 Å². The van der Waals surface area contributed by atoms with Gasteiger partial charge in [-0.05, 0) is 13.8 Å². The molecule has 13 heavy (non-hydrogen) atoms. The van der Waals surface area contributed by atoms with Crippen molar-refractivity contribution in [1.29, 1.82) is 0 Å². The van der Waals surface area contributed by atoms with Crippen LogP contribution < -0.4 is 0 Å². The Hall–Kier alpha value is -1.10. The molecular weight excluding hydrogens is 174 g/mol. The highest BCUT2D eigenvalue weighted by atomic mass is 16.6. The molecule has 5 heteroatoms. The molecule has 0 aromatic rings. The van der Waals surface area contributed by atoms with Crippen LogP contribution in [0.1, 0.15) is 13.8 Å². The maximum atomic E-state index is 10.9. The summed E-state index contributed by atoms with van der Waals surface area (Å²) in [4.78, 5) is 14.4. The first-order valence-electron chi connectivity index (χ1n) is 4.10. The van der Waals surface area contributed by atoms with Gasteiger partial charge < -0.3 is 14.2 Å². The van der Waals surface area contributed by atoms with Gasteiger partial charge in [0.2, 0.25) is 5.90 Å². The third-order valence-corrected chi connectivity index (χ3v) is 1.06. The lowest BCUT2D eigenvalue weighted by atomic mass is 10.7. The minimum atomic E-state index is -0.650. The fraction of sp³-hybridized carbons (Fsp3) is 0.750. The average Bonchev–Trinajstić information content (AvgIpc) is 2.05. The molecule has 0 aliphatic carbocycles. The minimum absolute atomic E-state index is 0.173. The van der Waals surface area contributed by atoms with Gasteiger partial charge in [-0.2, -0.15) is 0 Å². The van der Waals surface area contributed by atoms with Gasteiger partial charge in [0.25, 0.3) is 0 Å². The zero-order valence-electron chi connectivity index (χ0n) is 8.20. The Morgan fingerprint density at radius 1 is 1.23 bits per heavy atom. The molecule has 76 valence electrons. The molecule has 0 fully saturated rings. The van der Waals surface area contributed by atoms with Gasteiger partial charge in [0, 0.05) is 7.11 Å². The first kappa shape index (κ1) is 11.9. The summed E-state index contributed by atoms with van der Waals surface area (Å²) < 4.78 is 14.4. The van der Waals surface area contributed by atoms with E-state index in [2.05, 4.69) is 9.73 Å². The second kappa shape index (κ2) is 7.54. The van der Waals surface area contributed by atoms with Crippen LogP contribution in [0.5, 0.6) is 0 Å². The summed E-state index contributed by atoms with van der Waals surface area (Å²) in [6, 6.07) is 0. The molecule has 0 rings (SSSR count). The van der Waals surface area contributed by atoms with Gasteiger partial charge in [0.15, 0.2) is 0 Å². The second-order valence-corrected chi connectivity index (χ2v) is 2.07. The summed E-state index contributed by atoms with van der Waals surface area (Å²) in [7, 11) is 1.50. The molecule has 0 saturated heterocycles. The molecule has 0 heterocycles. The van der Waals surface area contributed by atoms with Gasteiger partial charge in [-0.3, -0.25) is 0 Å². The summed E-state index contributed by atoms with van der Waals surface area (Å²) in [6.07, 6.45) is -0.650.